The molecule has 108 valence electrons. The maximum atomic E-state index is 11.2. The van der Waals surface area contributed by atoms with Gasteiger partial charge in [-0.3, -0.25) is 0 Å². The van der Waals surface area contributed by atoms with E-state index < -0.39 is 5.97 Å². The summed E-state index contributed by atoms with van der Waals surface area (Å²) >= 11 is 0. The number of benzene rings is 1. The Labute approximate surface area is 120 Å². The summed E-state index contributed by atoms with van der Waals surface area (Å²) in [5, 5.41) is 9.16. The van der Waals surface area contributed by atoms with Crippen LogP contribution in [-0.2, 0) is 14.9 Å². The molecule has 0 aliphatic heterocycles. The minimum absolute atomic E-state index is 0.173. The third kappa shape index (κ3) is 3.10. The van der Waals surface area contributed by atoms with Crippen molar-refractivity contribution in [3.8, 4) is 0 Å². The zero-order valence-electron chi connectivity index (χ0n) is 12.0. The summed E-state index contributed by atoms with van der Waals surface area (Å²) < 4.78 is 5.27. The van der Waals surface area contributed by atoms with Crippen LogP contribution in [0.3, 0.4) is 0 Å². The molecule has 2 rings (SSSR count). The van der Waals surface area contributed by atoms with Crippen molar-refractivity contribution in [1.29, 1.82) is 0 Å². The Morgan fingerprint density at radius 2 is 2.10 bits per heavy atom. The predicted octanol–water partition coefficient (Wildman–Crippen LogP) is 3.55. The van der Waals surface area contributed by atoms with Crippen LogP contribution in [-0.4, -0.2) is 24.8 Å². The van der Waals surface area contributed by atoms with Crippen LogP contribution in [0, 0.1) is 0 Å². The van der Waals surface area contributed by atoms with Crippen molar-refractivity contribution < 1.29 is 14.6 Å². The van der Waals surface area contributed by atoms with E-state index in [-0.39, 0.29) is 5.41 Å². The van der Waals surface area contributed by atoms with Crippen LogP contribution in [0.1, 0.15) is 37.7 Å². The lowest BCUT2D eigenvalue weighted by Gasteiger charge is -2.40. The first kappa shape index (κ1) is 14.8. The molecule has 0 radical (unpaired) electrons. The van der Waals surface area contributed by atoms with Gasteiger partial charge in [-0.1, -0.05) is 42.3 Å². The smallest absolute Gasteiger partial charge is 0.328 e. The molecule has 0 aromatic heterocycles. The second kappa shape index (κ2) is 6.71. The van der Waals surface area contributed by atoms with Crippen LogP contribution in [0.2, 0.25) is 0 Å². The van der Waals surface area contributed by atoms with E-state index in [1.807, 2.05) is 18.2 Å². The Morgan fingerprint density at radius 3 is 2.75 bits per heavy atom. The van der Waals surface area contributed by atoms with Crippen LogP contribution in [0.25, 0.3) is 0 Å². The second-order valence-corrected chi connectivity index (χ2v) is 5.41. The standard InChI is InChI=1S/C17H22O3/c1-20-12-11-17(14-7-3-2-4-8-14)10-6-5-9-15(17)13-16(18)19/h2-4,7-8,13H,5-6,9-12H2,1H3,(H,18,19). The molecule has 0 spiro atoms. The van der Waals surface area contributed by atoms with E-state index in [4.69, 9.17) is 9.84 Å². The fourth-order valence-corrected chi connectivity index (χ4v) is 3.29. The Balaban J connectivity index is 2.45. The Morgan fingerprint density at radius 1 is 1.35 bits per heavy atom. The maximum Gasteiger partial charge on any atom is 0.328 e. The van der Waals surface area contributed by atoms with Crippen LogP contribution < -0.4 is 0 Å². The monoisotopic (exact) mass is 274 g/mol. The number of hydrogen-bond donors (Lipinski definition) is 1. The van der Waals surface area contributed by atoms with Gasteiger partial charge < -0.3 is 9.84 Å². The summed E-state index contributed by atoms with van der Waals surface area (Å²) in [6.07, 6.45) is 6.33. The molecule has 1 aliphatic rings. The number of ether oxygens (including phenoxy) is 1. The average Bonchev–Trinajstić information content (AvgIpc) is 2.47. The third-order valence-electron chi connectivity index (χ3n) is 4.27. The van der Waals surface area contributed by atoms with Crippen molar-refractivity contribution >= 4 is 5.97 Å². The van der Waals surface area contributed by atoms with E-state index >= 15 is 0 Å². The normalized spacial score (nSPS) is 24.8. The van der Waals surface area contributed by atoms with E-state index in [0.717, 1.165) is 37.7 Å². The number of carbonyl (C=O) groups is 1. The van der Waals surface area contributed by atoms with Gasteiger partial charge in [0.05, 0.1) is 0 Å². The van der Waals surface area contributed by atoms with Crippen molar-refractivity contribution in [2.45, 2.75) is 37.5 Å². The van der Waals surface area contributed by atoms with Crippen molar-refractivity contribution in [3.05, 3.63) is 47.5 Å². The number of methoxy groups -OCH3 is 1. The lowest BCUT2D eigenvalue weighted by Crippen LogP contribution is -2.33. The Kier molecular flexibility index (Phi) is 4.96. The molecule has 1 saturated carbocycles. The Bertz CT molecular complexity index is 478. The fourth-order valence-electron chi connectivity index (χ4n) is 3.29. The first-order valence-corrected chi connectivity index (χ1v) is 7.17. The van der Waals surface area contributed by atoms with E-state index in [9.17, 15) is 4.79 Å². The van der Waals surface area contributed by atoms with Crippen molar-refractivity contribution in [3.63, 3.8) is 0 Å². The Hall–Kier alpha value is -1.61. The van der Waals surface area contributed by atoms with Gasteiger partial charge in [-0.05, 0) is 31.2 Å². The van der Waals surface area contributed by atoms with E-state index in [1.54, 1.807) is 7.11 Å². The van der Waals surface area contributed by atoms with Crippen molar-refractivity contribution in [1.82, 2.24) is 0 Å². The highest BCUT2D eigenvalue weighted by Crippen LogP contribution is 2.46. The molecule has 3 nitrogen and oxygen atoms in total. The number of carboxylic acids is 1. The van der Waals surface area contributed by atoms with Gasteiger partial charge in [0.25, 0.3) is 0 Å². The minimum atomic E-state index is -0.848. The first-order valence-electron chi connectivity index (χ1n) is 7.17. The molecule has 1 aliphatic carbocycles. The second-order valence-electron chi connectivity index (χ2n) is 5.41. The lowest BCUT2D eigenvalue weighted by atomic mass is 9.64. The zero-order valence-corrected chi connectivity index (χ0v) is 12.0. The molecule has 1 unspecified atom stereocenters. The number of rotatable bonds is 5. The van der Waals surface area contributed by atoms with Gasteiger partial charge >= 0.3 is 5.97 Å². The largest absolute Gasteiger partial charge is 0.478 e. The molecule has 1 N–H and O–H groups in total. The average molecular weight is 274 g/mol. The van der Waals surface area contributed by atoms with Gasteiger partial charge in [-0.2, -0.15) is 0 Å². The molecule has 3 heteroatoms. The summed E-state index contributed by atoms with van der Waals surface area (Å²) in [5.41, 5.74) is 2.08. The van der Waals surface area contributed by atoms with Crippen molar-refractivity contribution in [2.75, 3.05) is 13.7 Å². The van der Waals surface area contributed by atoms with Gasteiger partial charge in [0.2, 0.25) is 0 Å². The number of aliphatic carboxylic acids is 1. The SMILES string of the molecule is COCCC1(c2ccccc2)CCCCC1=CC(=O)O. The molecule has 0 bridgehead atoms. The summed E-state index contributed by atoms with van der Waals surface area (Å²) in [6.45, 7) is 0.645. The van der Waals surface area contributed by atoms with E-state index in [2.05, 4.69) is 12.1 Å². The summed E-state index contributed by atoms with van der Waals surface area (Å²) in [6, 6.07) is 10.3. The highest BCUT2D eigenvalue weighted by atomic mass is 16.5. The van der Waals surface area contributed by atoms with Gasteiger partial charge in [-0.15, -0.1) is 0 Å². The molecule has 0 heterocycles. The highest BCUT2D eigenvalue weighted by molar-refractivity contribution is 5.81. The van der Waals surface area contributed by atoms with Crippen LogP contribution in [0.15, 0.2) is 42.0 Å². The molecule has 0 amide bonds. The molecule has 1 fully saturated rings. The molecular weight excluding hydrogens is 252 g/mol. The number of carboxylic acid groups (broad SMARTS) is 1. The van der Waals surface area contributed by atoms with Crippen LogP contribution in [0.4, 0.5) is 0 Å². The topological polar surface area (TPSA) is 46.5 Å². The summed E-state index contributed by atoms with van der Waals surface area (Å²) in [7, 11) is 1.70. The molecule has 1 aromatic carbocycles. The molecule has 0 saturated heterocycles. The van der Waals surface area contributed by atoms with Crippen molar-refractivity contribution in [2.24, 2.45) is 0 Å². The number of allylic oxidation sites excluding steroid dienone is 1. The molecular formula is C17H22O3. The van der Waals surface area contributed by atoms with Gasteiger partial charge in [0, 0.05) is 25.2 Å². The lowest BCUT2D eigenvalue weighted by molar-refractivity contribution is -0.131. The molecule has 1 aromatic rings. The predicted molar refractivity (Wildman–Crippen MR) is 78.8 cm³/mol. The first-order chi connectivity index (χ1) is 9.69. The fraction of sp³-hybridized carbons (Fsp3) is 0.471. The summed E-state index contributed by atoms with van der Waals surface area (Å²) in [4.78, 5) is 11.2. The van der Waals surface area contributed by atoms with Gasteiger partial charge in [-0.25, -0.2) is 4.79 Å². The zero-order chi connectivity index (χ0) is 14.4. The molecule has 1 atom stereocenters. The third-order valence-corrected chi connectivity index (χ3v) is 4.27. The van der Waals surface area contributed by atoms with E-state index in [0.29, 0.717) is 6.61 Å². The number of hydrogen-bond acceptors (Lipinski definition) is 2. The minimum Gasteiger partial charge on any atom is -0.478 e. The quantitative estimate of drug-likeness (QED) is 0.835. The maximum absolute atomic E-state index is 11.2. The van der Waals surface area contributed by atoms with Crippen LogP contribution >= 0.6 is 0 Å². The van der Waals surface area contributed by atoms with Gasteiger partial charge in [0.15, 0.2) is 0 Å². The summed E-state index contributed by atoms with van der Waals surface area (Å²) in [5.74, 6) is -0.848. The van der Waals surface area contributed by atoms with Crippen LogP contribution in [0.5, 0.6) is 0 Å². The van der Waals surface area contributed by atoms with Gasteiger partial charge in [0.1, 0.15) is 0 Å². The molecule has 20 heavy (non-hydrogen) atoms. The van der Waals surface area contributed by atoms with E-state index in [1.165, 1.54) is 11.6 Å². The highest BCUT2D eigenvalue weighted by Gasteiger charge is 2.37.